The van der Waals surface area contributed by atoms with E-state index in [0.717, 1.165) is 28.1 Å². The van der Waals surface area contributed by atoms with Gasteiger partial charge in [0.15, 0.2) is 0 Å². The van der Waals surface area contributed by atoms with E-state index in [2.05, 4.69) is 20.5 Å². The monoisotopic (exact) mass is 365 g/mol. The molecule has 0 fully saturated rings. The van der Waals surface area contributed by atoms with Crippen molar-refractivity contribution in [2.45, 2.75) is 25.2 Å². The Bertz CT molecular complexity index is 941. The minimum Gasteiger partial charge on any atom is -0.363 e. The van der Waals surface area contributed by atoms with Crippen LogP contribution >= 0.6 is 11.8 Å². The summed E-state index contributed by atoms with van der Waals surface area (Å²) in [5.41, 5.74) is 4.56. The minimum absolute atomic E-state index is 0.0201. The molecule has 1 aliphatic rings. The van der Waals surface area contributed by atoms with Gasteiger partial charge in [-0.15, -0.1) is 5.10 Å². The zero-order valence-electron chi connectivity index (χ0n) is 14.6. The number of aromatic nitrogens is 3. The second-order valence-corrected chi connectivity index (χ2v) is 7.20. The second kappa shape index (κ2) is 6.84. The van der Waals surface area contributed by atoms with Gasteiger partial charge in [-0.3, -0.25) is 14.8 Å². The number of benzene rings is 2. The lowest BCUT2D eigenvalue weighted by Gasteiger charge is -2.38. The number of anilines is 2. The molecule has 0 saturated heterocycles. The molecule has 1 aliphatic heterocycles. The van der Waals surface area contributed by atoms with Crippen molar-refractivity contribution < 1.29 is 4.79 Å². The Labute approximate surface area is 156 Å². The van der Waals surface area contributed by atoms with Gasteiger partial charge in [-0.25, -0.2) is 4.98 Å². The van der Waals surface area contributed by atoms with Crippen molar-refractivity contribution in [2.24, 2.45) is 0 Å². The summed E-state index contributed by atoms with van der Waals surface area (Å²) < 4.78 is 0. The number of aromatic amines is 1. The third kappa shape index (κ3) is 2.94. The van der Waals surface area contributed by atoms with Crippen molar-refractivity contribution in [3.63, 3.8) is 0 Å². The number of hydrogen-bond acceptors (Lipinski definition) is 5. The number of thioether (sulfide) groups is 1. The van der Waals surface area contributed by atoms with E-state index in [1.807, 2.05) is 61.2 Å². The van der Waals surface area contributed by atoms with Gasteiger partial charge >= 0.3 is 0 Å². The Hall–Kier alpha value is -2.80. The van der Waals surface area contributed by atoms with Gasteiger partial charge in [0.05, 0.1) is 5.56 Å². The van der Waals surface area contributed by atoms with Crippen molar-refractivity contribution in [1.82, 2.24) is 15.2 Å². The Morgan fingerprint density at radius 2 is 1.92 bits per heavy atom. The average molecular weight is 365 g/mol. The summed E-state index contributed by atoms with van der Waals surface area (Å²) in [6.45, 7) is 3.99. The van der Waals surface area contributed by atoms with Crippen LogP contribution in [0.3, 0.4) is 0 Å². The lowest BCUT2D eigenvalue weighted by atomic mass is 10.0. The fourth-order valence-corrected chi connectivity index (χ4v) is 4.01. The molecule has 0 saturated carbocycles. The number of H-pyrrole nitrogens is 1. The van der Waals surface area contributed by atoms with E-state index in [9.17, 15) is 4.79 Å². The van der Waals surface area contributed by atoms with E-state index in [-0.39, 0.29) is 12.1 Å². The third-order valence-corrected chi connectivity index (χ3v) is 5.41. The van der Waals surface area contributed by atoms with Crippen molar-refractivity contribution in [3.8, 4) is 0 Å². The van der Waals surface area contributed by atoms with Gasteiger partial charge in [-0.05, 0) is 37.1 Å². The largest absolute Gasteiger partial charge is 0.363 e. The number of nitrogens with one attached hydrogen (secondary N) is 2. The summed E-state index contributed by atoms with van der Waals surface area (Å²) in [5.74, 6) is 0.650. The molecule has 2 heterocycles. The predicted molar refractivity (Wildman–Crippen MR) is 104 cm³/mol. The zero-order valence-corrected chi connectivity index (χ0v) is 15.4. The molecular weight excluding hydrogens is 346 g/mol. The fraction of sp³-hybridized carbons (Fsp3) is 0.211. The fourth-order valence-electron chi connectivity index (χ4n) is 3.23. The first kappa shape index (κ1) is 16.7. The molecule has 132 valence electrons. The minimum atomic E-state index is -0.193. The van der Waals surface area contributed by atoms with Crippen LogP contribution in [-0.2, 0) is 0 Å². The molecule has 0 bridgehead atoms. The predicted octanol–water partition coefficient (Wildman–Crippen LogP) is 3.61. The molecule has 6 nitrogen and oxygen atoms in total. The molecule has 1 unspecified atom stereocenters. The summed E-state index contributed by atoms with van der Waals surface area (Å²) in [7, 11) is 0. The maximum absolute atomic E-state index is 13.4. The van der Waals surface area contributed by atoms with Gasteiger partial charge in [0, 0.05) is 17.1 Å². The van der Waals surface area contributed by atoms with Crippen LogP contribution < -0.4 is 10.2 Å². The maximum Gasteiger partial charge on any atom is 0.262 e. The van der Waals surface area contributed by atoms with E-state index in [0.29, 0.717) is 10.9 Å². The quantitative estimate of drug-likeness (QED) is 0.691. The van der Waals surface area contributed by atoms with Crippen molar-refractivity contribution in [1.29, 1.82) is 0 Å². The number of fused-ring (bicyclic) bond motifs is 1. The molecule has 7 heteroatoms. The van der Waals surface area contributed by atoms with Crippen molar-refractivity contribution in [2.75, 3.05) is 16.0 Å². The highest BCUT2D eigenvalue weighted by Gasteiger charge is 2.34. The summed E-state index contributed by atoms with van der Waals surface area (Å²) in [6.07, 6.45) is 1.36. The van der Waals surface area contributed by atoms with Gasteiger partial charge < -0.3 is 5.32 Å². The molecule has 4 rings (SSSR count). The van der Waals surface area contributed by atoms with Gasteiger partial charge in [0.1, 0.15) is 12.5 Å². The highest BCUT2D eigenvalue weighted by Crippen LogP contribution is 2.34. The van der Waals surface area contributed by atoms with Crippen LogP contribution in [0.25, 0.3) is 0 Å². The van der Waals surface area contributed by atoms with E-state index in [1.54, 1.807) is 6.33 Å². The van der Waals surface area contributed by atoms with Crippen LogP contribution in [0.5, 0.6) is 0 Å². The number of para-hydroxylation sites is 1. The smallest absolute Gasteiger partial charge is 0.262 e. The zero-order chi connectivity index (χ0) is 18.1. The van der Waals surface area contributed by atoms with Crippen LogP contribution in [0.4, 0.5) is 11.4 Å². The Morgan fingerprint density at radius 1 is 1.12 bits per heavy atom. The van der Waals surface area contributed by atoms with Gasteiger partial charge in [0.25, 0.3) is 5.91 Å². The SMILES string of the molecule is Cc1ccccc1N1C(=O)c2c(C)cccc2NC1CSc1nc[nH]n1. The molecular formula is C19H19N5OS. The molecule has 3 aromatic rings. The Morgan fingerprint density at radius 3 is 2.69 bits per heavy atom. The summed E-state index contributed by atoms with van der Waals surface area (Å²) >= 11 is 1.51. The number of carbonyl (C=O) groups excluding carboxylic acids is 1. The average Bonchev–Trinajstić information content (AvgIpc) is 3.14. The van der Waals surface area contributed by atoms with Crippen LogP contribution in [-0.4, -0.2) is 33.0 Å². The van der Waals surface area contributed by atoms with Crippen LogP contribution in [0.15, 0.2) is 53.9 Å². The summed E-state index contributed by atoms with van der Waals surface area (Å²) in [4.78, 5) is 19.4. The third-order valence-electron chi connectivity index (χ3n) is 4.48. The lowest BCUT2D eigenvalue weighted by Crippen LogP contribution is -2.51. The molecule has 2 N–H and O–H groups in total. The molecule has 1 amide bonds. The van der Waals surface area contributed by atoms with Gasteiger partial charge in [0.2, 0.25) is 5.16 Å². The standard InChI is InChI=1S/C19H19N5OS/c1-12-6-3-4-9-15(12)24-16(10-26-19-20-11-21-23-19)22-14-8-5-7-13(2)17(14)18(24)25/h3-9,11,16,22H,10H2,1-2H3,(H,20,21,23). The molecule has 26 heavy (non-hydrogen) atoms. The first-order valence-electron chi connectivity index (χ1n) is 8.39. The number of nitrogens with zero attached hydrogens (tertiary/aromatic N) is 3. The molecule has 1 atom stereocenters. The molecule has 0 radical (unpaired) electrons. The van der Waals surface area contributed by atoms with E-state index in [4.69, 9.17) is 0 Å². The molecule has 0 aliphatic carbocycles. The summed E-state index contributed by atoms with van der Waals surface area (Å²) in [6, 6.07) is 13.9. The van der Waals surface area contributed by atoms with Crippen LogP contribution in [0.2, 0.25) is 0 Å². The van der Waals surface area contributed by atoms with Gasteiger partial charge in [-0.2, -0.15) is 0 Å². The second-order valence-electron chi connectivity index (χ2n) is 6.21. The molecule has 1 aromatic heterocycles. The lowest BCUT2D eigenvalue weighted by molar-refractivity contribution is 0.0977. The Kier molecular flexibility index (Phi) is 4.38. The van der Waals surface area contributed by atoms with Gasteiger partial charge in [-0.1, -0.05) is 42.1 Å². The molecule has 2 aromatic carbocycles. The van der Waals surface area contributed by atoms with Crippen molar-refractivity contribution >= 4 is 29.0 Å². The number of aryl methyl sites for hydroxylation is 2. The van der Waals surface area contributed by atoms with E-state index in [1.165, 1.54) is 11.8 Å². The van der Waals surface area contributed by atoms with Crippen LogP contribution in [0, 0.1) is 13.8 Å². The van der Waals surface area contributed by atoms with Crippen LogP contribution in [0.1, 0.15) is 21.5 Å². The number of hydrogen-bond donors (Lipinski definition) is 2. The summed E-state index contributed by atoms with van der Waals surface area (Å²) in [5, 5.41) is 11.0. The van der Waals surface area contributed by atoms with E-state index >= 15 is 0 Å². The highest BCUT2D eigenvalue weighted by atomic mass is 32.2. The highest BCUT2D eigenvalue weighted by molar-refractivity contribution is 7.99. The van der Waals surface area contributed by atoms with E-state index < -0.39 is 0 Å². The first-order valence-corrected chi connectivity index (χ1v) is 9.37. The molecule has 0 spiro atoms. The number of rotatable bonds is 4. The maximum atomic E-state index is 13.4. The first-order chi connectivity index (χ1) is 12.6. The van der Waals surface area contributed by atoms with Crippen molar-refractivity contribution in [3.05, 3.63) is 65.5 Å². The Balaban J connectivity index is 1.74. The number of carbonyl (C=O) groups is 1. The normalized spacial score (nSPS) is 16.3. The topological polar surface area (TPSA) is 73.9 Å². The number of amides is 1.